The van der Waals surface area contributed by atoms with E-state index in [1.54, 1.807) is 66.7 Å². The third-order valence-electron chi connectivity index (χ3n) is 5.47. The number of carbonyl (C=O) groups excluding carboxylic acids is 1. The largest absolute Gasteiger partial charge is 0.494 e. The molecule has 41 heavy (non-hydrogen) atoms. The smallest absolute Gasteiger partial charge is 0.264 e. The van der Waals surface area contributed by atoms with Gasteiger partial charge in [-0.15, -0.1) is 11.8 Å². The number of sulfonamides is 1. The summed E-state index contributed by atoms with van der Waals surface area (Å²) < 4.78 is 45.1. The molecule has 0 heterocycles. The van der Waals surface area contributed by atoms with Gasteiger partial charge in [-0.1, -0.05) is 25.3 Å². The third kappa shape index (κ3) is 8.89. The molecular weight excluding hydrogens is 562 g/mol. The number of amides is 1. The van der Waals surface area contributed by atoms with Crippen LogP contribution in [-0.4, -0.2) is 53.2 Å². The highest BCUT2D eigenvalue weighted by atomic mass is 32.2. The summed E-state index contributed by atoms with van der Waals surface area (Å²) >= 11 is 1.50. The lowest BCUT2D eigenvalue weighted by atomic mass is 10.2. The Hall–Kier alpha value is -4.22. The molecule has 3 rings (SSSR count). The summed E-state index contributed by atoms with van der Waals surface area (Å²) in [7, 11) is -4.09. The molecule has 0 aliphatic heterocycles. The lowest BCUT2D eigenvalue weighted by Crippen LogP contribution is -2.39. The standard InChI is InChI=1S/C30H33N3O6S2/c1-5-18-38-26-11-8-23(29(20-26)39-19-6-2)21-31-32-30(34)22-33(24-9-12-25(13-10-24)37-7-3)41(35,36)28-16-14-27(40-4)15-17-28/h5-6,8-17,20-21H,1-2,7,18-19,22H2,3-4H3,(H,32,34). The van der Waals surface area contributed by atoms with E-state index in [9.17, 15) is 13.2 Å². The summed E-state index contributed by atoms with van der Waals surface area (Å²) in [4.78, 5) is 13.9. The van der Waals surface area contributed by atoms with Crippen LogP contribution in [0.5, 0.6) is 17.2 Å². The first-order valence-corrected chi connectivity index (χ1v) is 15.3. The number of rotatable bonds is 16. The first-order valence-electron chi connectivity index (χ1n) is 12.6. The molecule has 0 spiro atoms. The first-order chi connectivity index (χ1) is 19.8. The zero-order valence-electron chi connectivity index (χ0n) is 23.0. The summed E-state index contributed by atoms with van der Waals surface area (Å²) in [5, 5.41) is 4.03. The summed E-state index contributed by atoms with van der Waals surface area (Å²) in [6.07, 6.45) is 6.54. The zero-order valence-corrected chi connectivity index (χ0v) is 24.6. The predicted molar refractivity (Wildman–Crippen MR) is 164 cm³/mol. The Kier molecular flexibility index (Phi) is 11.9. The molecule has 9 nitrogen and oxygen atoms in total. The minimum absolute atomic E-state index is 0.0586. The maximum Gasteiger partial charge on any atom is 0.264 e. The van der Waals surface area contributed by atoms with Gasteiger partial charge >= 0.3 is 0 Å². The van der Waals surface area contributed by atoms with Crippen molar-refractivity contribution in [2.75, 3.05) is 36.9 Å². The SMILES string of the molecule is C=CCOc1ccc(C=NNC(=O)CN(c2ccc(OCC)cc2)S(=O)(=O)c2ccc(SC)cc2)c(OCC=C)c1. The molecule has 216 valence electrons. The molecule has 0 radical (unpaired) electrons. The van der Waals surface area contributed by atoms with Gasteiger partial charge in [-0.25, -0.2) is 13.8 Å². The summed E-state index contributed by atoms with van der Waals surface area (Å²) in [5.74, 6) is 0.991. The Bertz CT molecular complexity index is 1460. The van der Waals surface area contributed by atoms with E-state index in [-0.39, 0.29) is 11.5 Å². The maximum absolute atomic E-state index is 13.7. The fraction of sp³-hybridized carbons (Fsp3) is 0.200. The quantitative estimate of drug-likeness (QED) is 0.104. The minimum atomic E-state index is -4.09. The summed E-state index contributed by atoms with van der Waals surface area (Å²) in [6, 6.07) is 18.1. The minimum Gasteiger partial charge on any atom is -0.494 e. The van der Waals surface area contributed by atoms with Crippen molar-refractivity contribution in [1.82, 2.24) is 5.43 Å². The van der Waals surface area contributed by atoms with Crippen molar-refractivity contribution >= 4 is 39.6 Å². The fourth-order valence-corrected chi connectivity index (χ4v) is 5.37. The molecule has 0 atom stereocenters. The van der Waals surface area contributed by atoms with E-state index in [4.69, 9.17) is 14.2 Å². The number of anilines is 1. The molecule has 0 aliphatic rings. The second-order valence-electron chi connectivity index (χ2n) is 8.31. The Morgan fingerprint density at radius 1 is 0.951 bits per heavy atom. The fourth-order valence-electron chi connectivity index (χ4n) is 3.54. The van der Waals surface area contributed by atoms with Crippen LogP contribution in [-0.2, 0) is 14.8 Å². The first kappa shape index (κ1) is 31.3. The number of carbonyl (C=O) groups is 1. The number of nitrogens with one attached hydrogen (secondary N) is 1. The molecule has 0 aliphatic carbocycles. The highest BCUT2D eigenvalue weighted by Gasteiger charge is 2.27. The molecule has 1 N–H and O–H groups in total. The number of nitrogens with zero attached hydrogens (tertiary/aromatic N) is 2. The van der Waals surface area contributed by atoms with Gasteiger partial charge < -0.3 is 14.2 Å². The Morgan fingerprint density at radius 3 is 2.24 bits per heavy atom. The van der Waals surface area contributed by atoms with Crippen molar-refractivity contribution in [1.29, 1.82) is 0 Å². The van der Waals surface area contributed by atoms with E-state index in [0.717, 1.165) is 9.20 Å². The number of benzene rings is 3. The van der Waals surface area contributed by atoms with E-state index in [0.29, 0.717) is 41.7 Å². The van der Waals surface area contributed by atoms with Crippen LogP contribution in [0.25, 0.3) is 0 Å². The number of thioether (sulfide) groups is 1. The van der Waals surface area contributed by atoms with Crippen LogP contribution >= 0.6 is 11.8 Å². The van der Waals surface area contributed by atoms with Crippen molar-refractivity contribution in [2.24, 2.45) is 5.10 Å². The van der Waals surface area contributed by atoms with Gasteiger partial charge in [0, 0.05) is 16.5 Å². The van der Waals surface area contributed by atoms with Gasteiger partial charge in [0.25, 0.3) is 15.9 Å². The van der Waals surface area contributed by atoms with Gasteiger partial charge in [0.15, 0.2) is 0 Å². The Labute approximate surface area is 245 Å². The van der Waals surface area contributed by atoms with E-state index in [2.05, 4.69) is 23.7 Å². The lowest BCUT2D eigenvalue weighted by Gasteiger charge is -2.24. The number of hydrogen-bond donors (Lipinski definition) is 1. The van der Waals surface area contributed by atoms with Crippen molar-refractivity contribution in [3.05, 3.63) is 97.6 Å². The van der Waals surface area contributed by atoms with E-state index in [1.165, 1.54) is 30.1 Å². The van der Waals surface area contributed by atoms with Crippen LogP contribution < -0.4 is 23.9 Å². The topological polar surface area (TPSA) is 107 Å². The van der Waals surface area contributed by atoms with Crippen LogP contribution in [0.3, 0.4) is 0 Å². The van der Waals surface area contributed by atoms with Crippen molar-refractivity contribution < 1.29 is 27.4 Å². The summed E-state index contributed by atoms with van der Waals surface area (Å²) in [5.41, 5.74) is 3.29. The number of hydrazone groups is 1. The molecule has 3 aromatic rings. The Morgan fingerprint density at radius 2 is 1.61 bits per heavy atom. The van der Waals surface area contributed by atoms with E-state index < -0.39 is 22.5 Å². The molecule has 3 aromatic carbocycles. The van der Waals surface area contributed by atoms with Gasteiger partial charge in [-0.3, -0.25) is 9.10 Å². The number of ether oxygens (including phenoxy) is 3. The van der Waals surface area contributed by atoms with Crippen molar-refractivity contribution in [3.63, 3.8) is 0 Å². The average Bonchev–Trinajstić information content (AvgIpc) is 2.99. The molecule has 0 saturated heterocycles. The average molecular weight is 596 g/mol. The van der Waals surface area contributed by atoms with Crippen LogP contribution in [0.1, 0.15) is 12.5 Å². The molecule has 11 heteroatoms. The van der Waals surface area contributed by atoms with Crippen molar-refractivity contribution in [3.8, 4) is 17.2 Å². The van der Waals surface area contributed by atoms with E-state index in [1.807, 2.05) is 13.2 Å². The van der Waals surface area contributed by atoms with Crippen LogP contribution in [0.15, 0.2) is 107 Å². The molecule has 1 amide bonds. The molecule has 0 unspecified atom stereocenters. The van der Waals surface area contributed by atoms with Crippen LogP contribution in [0.4, 0.5) is 5.69 Å². The molecule has 0 aromatic heterocycles. The van der Waals surface area contributed by atoms with Gasteiger partial charge in [0.1, 0.15) is 37.0 Å². The highest BCUT2D eigenvalue weighted by Crippen LogP contribution is 2.27. The third-order valence-corrected chi connectivity index (χ3v) is 8.00. The summed E-state index contributed by atoms with van der Waals surface area (Å²) in [6.45, 7) is 9.69. The molecular formula is C30H33N3O6S2. The monoisotopic (exact) mass is 595 g/mol. The second-order valence-corrected chi connectivity index (χ2v) is 11.0. The Balaban J connectivity index is 1.83. The van der Waals surface area contributed by atoms with Crippen LogP contribution in [0, 0.1) is 0 Å². The van der Waals surface area contributed by atoms with Crippen molar-refractivity contribution in [2.45, 2.75) is 16.7 Å². The van der Waals surface area contributed by atoms with Gasteiger partial charge in [-0.2, -0.15) is 5.10 Å². The van der Waals surface area contributed by atoms with Gasteiger partial charge in [0.05, 0.1) is 23.4 Å². The normalized spacial score (nSPS) is 11.1. The van der Waals surface area contributed by atoms with Gasteiger partial charge in [0.2, 0.25) is 0 Å². The number of hydrogen-bond acceptors (Lipinski definition) is 8. The molecule has 0 fully saturated rings. The van der Waals surface area contributed by atoms with Gasteiger partial charge in [-0.05, 0) is 73.8 Å². The lowest BCUT2D eigenvalue weighted by molar-refractivity contribution is -0.119. The molecule has 0 saturated carbocycles. The van der Waals surface area contributed by atoms with E-state index >= 15 is 0 Å². The zero-order chi connectivity index (χ0) is 29.7. The maximum atomic E-state index is 13.7. The van der Waals surface area contributed by atoms with Crippen LogP contribution in [0.2, 0.25) is 0 Å². The molecule has 0 bridgehead atoms. The second kappa shape index (κ2) is 15.5. The highest BCUT2D eigenvalue weighted by molar-refractivity contribution is 7.98. The predicted octanol–water partition coefficient (Wildman–Crippen LogP) is 5.28.